The van der Waals surface area contributed by atoms with Crippen molar-refractivity contribution in [1.82, 2.24) is 20.5 Å². The van der Waals surface area contributed by atoms with Crippen LogP contribution < -0.4 is 15.5 Å². The topological polar surface area (TPSA) is 115 Å². The lowest BCUT2D eigenvalue weighted by atomic mass is 9.90. The average molecular weight is 666 g/mol. The first-order valence-corrected chi connectivity index (χ1v) is 16.4. The van der Waals surface area contributed by atoms with Gasteiger partial charge in [0.2, 0.25) is 5.91 Å². The predicted octanol–water partition coefficient (Wildman–Crippen LogP) is 6.08. The number of aromatic nitrogens is 1. The second-order valence-corrected chi connectivity index (χ2v) is 13.4. The average Bonchev–Trinajstić information content (AvgIpc) is 3.21. The molecule has 47 heavy (non-hydrogen) atoms. The zero-order valence-corrected chi connectivity index (χ0v) is 28.7. The third-order valence-corrected chi connectivity index (χ3v) is 8.70. The highest BCUT2D eigenvalue weighted by Gasteiger charge is 2.29. The molecule has 1 aromatic heterocycles. The molecule has 1 saturated heterocycles. The van der Waals surface area contributed by atoms with Gasteiger partial charge in [-0.3, -0.25) is 14.4 Å². The highest BCUT2D eigenvalue weighted by atomic mass is 35.5. The van der Waals surface area contributed by atoms with Crippen LogP contribution in [-0.2, 0) is 9.59 Å². The highest BCUT2D eigenvalue weighted by molar-refractivity contribution is 6.30. The van der Waals surface area contributed by atoms with Gasteiger partial charge in [0.05, 0.1) is 12.5 Å². The van der Waals surface area contributed by atoms with Crippen molar-refractivity contribution in [2.45, 2.75) is 66.0 Å². The molecule has 3 aromatic rings. The molecule has 0 radical (unpaired) electrons. The van der Waals surface area contributed by atoms with Crippen molar-refractivity contribution < 1.29 is 23.9 Å². The second kappa shape index (κ2) is 15.7. The van der Waals surface area contributed by atoms with Crippen molar-refractivity contribution in [2.24, 2.45) is 5.92 Å². The molecule has 1 aliphatic heterocycles. The lowest BCUT2D eigenvalue weighted by Gasteiger charge is -2.26. The summed E-state index contributed by atoms with van der Waals surface area (Å²) >= 11 is 6.25. The number of carboxylic acid groups (broad SMARTS) is 1. The molecule has 4 rings (SSSR count). The van der Waals surface area contributed by atoms with Crippen molar-refractivity contribution >= 4 is 35.2 Å². The molecule has 0 saturated carbocycles. The van der Waals surface area contributed by atoms with Crippen LogP contribution in [0.15, 0.2) is 42.5 Å². The Labute approximate surface area is 281 Å². The first-order valence-electron chi connectivity index (χ1n) is 16.0. The Hall–Kier alpha value is -4.02. The minimum atomic E-state index is -1.21. The number of benzene rings is 2. The standard InChI is InChI=1S/C36H45ClFN5O4/c1-21(2)15-30(41-35(46)28-9-7-10-31(39-28)43-12-8-11-42(6)13-14-43)36(47)40-29(20-32(44)45)27-19-25(16-24(5)34(27)38)33-22(3)17-26(37)18-23(33)4/h7,9-10,16-19,21,29-30H,8,11-15,20H2,1-6H3,(H,40,47)(H,41,46)(H,44,45)/t29-,30-/m0/s1. The first-order chi connectivity index (χ1) is 22.2. The number of halogens is 2. The van der Waals surface area contributed by atoms with E-state index in [1.807, 2.05) is 45.9 Å². The summed E-state index contributed by atoms with van der Waals surface area (Å²) in [7, 11) is 2.08. The third kappa shape index (κ3) is 9.29. The van der Waals surface area contributed by atoms with Gasteiger partial charge in [0.15, 0.2) is 0 Å². The number of hydrogen-bond acceptors (Lipinski definition) is 6. The lowest BCUT2D eigenvalue weighted by Crippen LogP contribution is -2.48. The van der Waals surface area contributed by atoms with Crippen LogP contribution in [0.5, 0.6) is 0 Å². The molecule has 252 valence electrons. The normalized spacial score (nSPS) is 15.2. The molecule has 1 aliphatic rings. The third-order valence-electron chi connectivity index (χ3n) is 8.48. The maximum Gasteiger partial charge on any atom is 0.305 e. The number of aryl methyl sites for hydroxylation is 3. The van der Waals surface area contributed by atoms with Gasteiger partial charge in [0.25, 0.3) is 5.91 Å². The van der Waals surface area contributed by atoms with Gasteiger partial charge in [0.1, 0.15) is 23.4 Å². The molecule has 2 amide bonds. The molecule has 2 aromatic carbocycles. The molecule has 0 aliphatic carbocycles. The molecule has 3 N–H and O–H groups in total. The number of amides is 2. The molecule has 9 nitrogen and oxygen atoms in total. The molecular formula is C36H45ClFN5O4. The van der Waals surface area contributed by atoms with Crippen molar-refractivity contribution in [2.75, 3.05) is 38.1 Å². The van der Waals surface area contributed by atoms with Crippen LogP contribution in [-0.4, -0.2) is 72.0 Å². The summed E-state index contributed by atoms with van der Waals surface area (Å²) in [5.41, 5.74) is 3.83. The zero-order chi connectivity index (χ0) is 34.4. The van der Waals surface area contributed by atoms with Crippen LogP contribution in [0.4, 0.5) is 10.2 Å². The van der Waals surface area contributed by atoms with Crippen LogP contribution in [0.25, 0.3) is 11.1 Å². The zero-order valence-electron chi connectivity index (χ0n) is 28.0. The van der Waals surface area contributed by atoms with Gasteiger partial charge in [-0.05, 0) is 117 Å². The second-order valence-electron chi connectivity index (χ2n) is 13.0. The number of carboxylic acids is 1. The Morgan fingerprint density at radius 3 is 2.34 bits per heavy atom. The fourth-order valence-corrected chi connectivity index (χ4v) is 6.51. The van der Waals surface area contributed by atoms with Crippen LogP contribution in [0.1, 0.15) is 71.9 Å². The summed E-state index contributed by atoms with van der Waals surface area (Å²) in [6.45, 7) is 12.7. The van der Waals surface area contributed by atoms with Crippen molar-refractivity contribution in [3.05, 3.63) is 81.3 Å². The summed E-state index contributed by atoms with van der Waals surface area (Å²) in [5.74, 6) is -2.23. The minimum Gasteiger partial charge on any atom is -0.481 e. The summed E-state index contributed by atoms with van der Waals surface area (Å²) in [5, 5.41) is 15.9. The van der Waals surface area contributed by atoms with E-state index in [-0.39, 0.29) is 23.6 Å². The number of carbonyl (C=O) groups excluding carboxylic acids is 2. The van der Waals surface area contributed by atoms with Crippen molar-refractivity contribution in [3.8, 4) is 11.1 Å². The summed E-state index contributed by atoms with van der Waals surface area (Å²) < 4.78 is 15.7. The summed E-state index contributed by atoms with van der Waals surface area (Å²) in [6.07, 6.45) is 0.700. The van der Waals surface area contributed by atoms with Crippen LogP contribution >= 0.6 is 11.6 Å². The molecule has 0 unspecified atom stereocenters. The van der Waals surface area contributed by atoms with Gasteiger partial charge >= 0.3 is 5.97 Å². The van der Waals surface area contributed by atoms with Gasteiger partial charge in [-0.25, -0.2) is 9.37 Å². The number of nitrogens with one attached hydrogen (secondary N) is 2. The Kier molecular flexibility index (Phi) is 12.0. The van der Waals surface area contributed by atoms with E-state index >= 15 is 4.39 Å². The number of pyridine rings is 1. The van der Waals surface area contributed by atoms with Crippen LogP contribution in [0, 0.1) is 32.5 Å². The summed E-state index contributed by atoms with van der Waals surface area (Å²) in [4.78, 5) is 48.3. The van der Waals surface area contributed by atoms with Gasteiger partial charge in [0, 0.05) is 30.2 Å². The Morgan fingerprint density at radius 2 is 1.68 bits per heavy atom. The predicted molar refractivity (Wildman–Crippen MR) is 183 cm³/mol. The maximum atomic E-state index is 15.7. The highest BCUT2D eigenvalue weighted by Crippen LogP contribution is 2.34. The van der Waals surface area contributed by atoms with Gasteiger partial charge in [-0.2, -0.15) is 0 Å². The van der Waals surface area contributed by atoms with E-state index in [1.165, 1.54) is 0 Å². The Balaban J connectivity index is 1.61. The number of rotatable bonds is 11. The van der Waals surface area contributed by atoms with Crippen LogP contribution in [0.2, 0.25) is 5.02 Å². The molecule has 11 heteroatoms. The fraction of sp³-hybridized carbons (Fsp3) is 0.444. The number of anilines is 1. The molecule has 2 heterocycles. The van der Waals surface area contributed by atoms with E-state index in [4.69, 9.17) is 11.6 Å². The quantitative estimate of drug-likeness (QED) is 0.227. The lowest BCUT2D eigenvalue weighted by molar-refractivity contribution is -0.137. The Morgan fingerprint density at radius 1 is 0.979 bits per heavy atom. The number of carbonyl (C=O) groups is 3. The fourth-order valence-electron chi connectivity index (χ4n) is 6.18. The number of nitrogens with zero attached hydrogens (tertiary/aromatic N) is 3. The minimum absolute atomic E-state index is 0.00974. The van der Waals surface area contributed by atoms with E-state index in [0.29, 0.717) is 22.0 Å². The van der Waals surface area contributed by atoms with Crippen molar-refractivity contribution in [3.63, 3.8) is 0 Å². The van der Waals surface area contributed by atoms with Gasteiger partial charge in [-0.15, -0.1) is 0 Å². The SMILES string of the molecule is Cc1cc(-c2c(C)cc(Cl)cc2C)cc([C@H](CC(=O)O)NC(=O)[C@H](CC(C)C)NC(=O)c2cccc(N3CCCN(C)CC3)n2)c1F. The van der Waals surface area contributed by atoms with E-state index in [0.717, 1.165) is 49.3 Å². The Bertz CT molecular complexity index is 1610. The molecular weight excluding hydrogens is 621 g/mol. The van der Waals surface area contributed by atoms with E-state index in [9.17, 15) is 19.5 Å². The smallest absolute Gasteiger partial charge is 0.305 e. The summed E-state index contributed by atoms with van der Waals surface area (Å²) in [6, 6.07) is 9.96. The van der Waals surface area contributed by atoms with Crippen LogP contribution in [0.3, 0.4) is 0 Å². The maximum absolute atomic E-state index is 15.7. The number of hydrogen-bond donors (Lipinski definition) is 3. The van der Waals surface area contributed by atoms with Crippen molar-refractivity contribution in [1.29, 1.82) is 0 Å². The molecule has 0 spiro atoms. The van der Waals surface area contributed by atoms with E-state index in [1.54, 1.807) is 31.2 Å². The number of aliphatic carboxylic acids is 1. The molecule has 1 fully saturated rings. The first kappa shape index (κ1) is 35.8. The molecule has 0 bridgehead atoms. The van der Waals surface area contributed by atoms with Gasteiger partial charge in [-0.1, -0.05) is 31.5 Å². The number of likely N-dealkylation sites (N-methyl/N-ethyl adjacent to an activating group) is 1. The van der Waals surface area contributed by atoms with Gasteiger partial charge < -0.3 is 25.5 Å². The monoisotopic (exact) mass is 665 g/mol. The van der Waals surface area contributed by atoms with E-state index < -0.39 is 42.1 Å². The molecule has 2 atom stereocenters. The van der Waals surface area contributed by atoms with E-state index in [2.05, 4.69) is 32.5 Å². The largest absolute Gasteiger partial charge is 0.481 e.